The van der Waals surface area contributed by atoms with Gasteiger partial charge in [-0.1, -0.05) is 29.8 Å². The standard InChI is InChI=1S/C24H25NO2/c1-15-2-4-16(5-3-15)18-10-21(11-18)27-20-8-9-23-22(13-20)19(14-25-23)12-24(26)17-6-7-17/h2-5,8-9,13-14,17-18,21,25H,6-7,10-12H2,1H3/t18-,21-. The SMILES string of the molecule is Cc1ccc([C@H]2C[C@H](Oc3ccc4[nH]cc(CC(=O)C5CC5)c4c3)C2)cc1. The fourth-order valence-electron chi connectivity index (χ4n) is 4.08. The summed E-state index contributed by atoms with van der Waals surface area (Å²) in [4.78, 5) is 15.5. The number of aromatic amines is 1. The lowest BCUT2D eigenvalue weighted by Crippen LogP contribution is -2.32. The molecule has 2 aliphatic carbocycles. The number of H-pyrrole nitrogens is 1. The molecule has 5 rings (SSSR count). The number of hydrogen-bond donors (Lipinski definition) is 1. The Morgan fingerprint density at radius 2 is 1.89 bits per heavy atom. The molecule has 2 aliphatic rings. The lowest BCUT2D eigenvalue weighted by molar-refractivity contribution is -0.119. The van der Waals surface area contributed by atoms with Gasteiger partial charge in [-0.3, -0.25) is 4.79 Å². The molecule has 3 heteroatoms. The van der Waals surface area contributed by atoms with Crippen molar-refractivity contribution in [3.8, 4) is 5.75 Å². The highest BCUT2D eigenvalue weighted by molar-refractivity contribution is 5.92. The van der Waals surface area contributed by atoms with Crippen molar-refractivity contribution in [2.45, 2.75) is 51.0 Å². The van der Waals surface area contributed by atoms with Crippen molar-refractivity contribution in [2.75, 3.05) is 0 Å². The number of benzene rings is 2. The number of nitrogens with one attached hydrogen (secondary N) is 1. The first-order valence-corrected chi connectivity index (χ1v) is 10.0. The van der Waals surface area contributed by atoms with E-state index in [-0.39, 0.29) is 6.10 Å². The lowest BCUT2D eigenvalue weighted by Gasteiger charge is -2.35. The van der Waals surface area contributed by atoms with Gasteiger partial charge in [0.15, 0.2) is 0 Å². The minimum atomic E-state index is 0.282. The number of rotatable bonds is 6. The highest BCUT2D eigenvalue weighted by Gasteiger charge is 2.32. The number of aryl methyl sites for hydroxylation is 1. The van der Waals surface area contributed by atoms with Gasteiger partial charge in [-0.2, -0.15) is 0 Å². The maximum atomic E-state index is 12.2. The van der Waals surface area contributed by atoms with E-state index >= 15 is 0 Å². The number of ketones is 1. The molecule has 0 amide bonds. The Labute approximate surface area is 159 Å². The van der Waals surface area contributed by atoms with E-state index < -0.39 is 0 Å². The average Bonchev–Trinajstić information content (AvgIpc) is 3.42. The van der Waals surface area contributed by atoms with E-state index in [1.165, 1.54) is 11.1 Å². The maximum absolute atomic E-state index is 12.2. The topological polar surface area (TPSA) is 42.1 Å². The van der Waals surface area contributed by atoms with E-state index in [1.54, 1.807) is 0 Å². The molecule has 0 unspecified atom stereocenters. The first-order chi connectivity index (χ1) is 13.2. The van der Waals surface area contributed by atoms with Crippen LogP contribution in [0.2, 0.25) is 0 Å². The third-order valence-corrected chi connectivity index (χ3v) is 6.08. The quantitative estimate of drug-likeness (QED) is 0.647. The van der Waals surface area contributed by atoms with Crippen LogP contribution in [0.5, 0.6) is 5.75 Å². The molecule has 2 saturated carbocycles. The van der Waals surface area contributed by atoms with Gasteiger partial charge in [-0.25, -0.2) is 0 Å². The molecule has 0 saturated heterocycles. The molecule has 1 N–H and O–H groups in total. The zero-order valence-electron chi connectivity index (χ0n) is 15.7. The average molecular weight is 359 g/mol. The number of aromatic nitrogens is 1. The van der Waals surface area contributed by atoms with Crippen LogP contribution in [0, 0.1) is 12.8 Å². The van der Waals surface area contributed by atoms with Crippen molar-refractivity contribution < 1.29 is 9.53 Å². The van der Waals surface area contributed by atoms with E-state index in [4.69, 9.17) is 4.74 Å². The predicted molar refractivity (Wildman–Crippen MR) is 107 cm³/mol. The minimum absolute atomic E-state index is 0.282. The van der Waals surface area contributed by atoms with Gasteiger partial charge < -0.3 is 9.72 Å². The van der Waals surface area contributed by atoms with Gasteiger partial charge in [0.05, 0.1) is 6.10 Å². The van der Waals surface area contributed by atoms with Crippen molar-refractivity contribution in [1.29, 1.82) is 0 Å². The normalized spacial score (nSPS) is 21.8. The summed E-state index contributed by atoms with van der Waals surface area (Å²) in [6.45, 7) is 2.13. The molecule has 0 atom stereocenters. The molecule has 0 aliphatic heterocycles. The third-order valence-electron chi connectivity index (χ3n) is 6.08. The van der Waals surface area contributed by atoms with E-state index in [0.717, 1.165) is 47.9 Å². The fraction of sp³-hybridized carbons (Fsp3) is 0.375. The second kappa shape index (κ2) is 6.56. The molecule has 138 valence electrons. The molecule has 0 spiro atoms. The molecule has 2 fully saturated rings. The number of carbonyl (C=O) groups is 1. The van der Waals surface area contributed by atoms with Gasteiger partial charge in [0.25, 0.3) is 0 Å². The Kier molecular flexibility index (Phi) is 4.04. The molecular weight excluding hydrogens is 334 g/mol. The van der Waals surface area contributed by atoms with Crippen LogP contribution in [0.3, 0.4) is 0 Å². The molecule has 2 aromatic carbocycles. The monoisotopic (exact) mass is 359 g/mol. The van der Waals surface area contributed by atoms with Crippen LogP contribution in [-0.2, 0) is 11.2 Å². The Morgan fingerprint density at radius 1 is 1.11 bits per heavy atom. The van der Waals surface area contributed by atoms with Crippen molar-refractivity contribution >= 4 is 16.7 Å². The van der Waals surface area contributed by atoms with Crippen molar-refractivity contribution in [2.24, 2.45) is 5.92 Å². The Bertz CT molecular complexity index is 975. The van der Waals surface area contributed by atoms with E-state index in [2.05, 4.69) is 48.3 Å². The van der Waals surface area contributed by atoms with Crippen molar-refractivity contribution in [3.05, 3.63) is 65.4 Å². The molecule has 1 heterocycles. The minimum Gasteiger partial charge on any atom is -0.490 e. The summed E-state index contributed by atoms with van der Waals surface area (Å²) >= 11 is 0. The smallest absolute Gasteiger partial charge is 0.140 e. The summed E-state index contributed by atoms with van der Waals surface area (Å²) in [6, 6.07) is 15.1. The maximum Gasteiger partial charge on any atom is 0.140 e. The summed E-state index contributed by atoms with van der Waals surface area (Å²) < 4.78 is 6.22. The van der Waals surface area contributed by atoms with Gasteiger partial charge in [0, 0.05) is 29.4 Å². The zero-order valence-corrected chi connectivity index (χ0v) is 15.7. The fourth-order valence-corrected chi connectivity index (χ4v) is 4.08. The van der Waals surface area contributed by atoms with Gasteiger partial charge in [0.2, 0.25) is 0 Å². The molecule has 27 heavy (non-hydrogen) atoms. The van der Waals surface area contributed by atoms with Crippen molar-refractivity contribution in [3.63, 3.8) is 0 Å². The van der Waals surface area contributed by atoms with Crippen LogP contribution >= 0.6 is 0 Å². The lowest BCUT2D eigenvalue weighted by atomic mass is 9.77. The largest absolute Gasteiger partial charge is 0.490 e. The van der Waals surface area contributed by atoms with Crippen LogP contribution in [-0.4, -0.2) is 16.9 Å². The van der Waals surface area contributed by atoms with Gasteiger partial charge in [0.1, 0.15) is 11.5 Å². The van der Waals surface area contributed by atoms with Crippen LogP contribution in [0.15, 0.2) is 48.7 Å². The Hall–Kier alpha value is -2.55. The number of fused-ring (bicyclic) bond motifs is 1. The number of carbonyl (C=O) groups excluding carboxylic acids is 1. The second-order valence-electron chi connectivity index (χ2n) is 8.26. The molecule has 0 radical (unpaired) electrons. The second-order valence-corrected chi connectivity index (χ2v) is 8.26. The number of hydrogen-bond acceptors (Lipinski definition) is 2. The van der Waals surface area contributed by atoms with Crippen molar-refractivity contribution in [1.82, 2.24) is 4.98 Å². The summed E-state index contributed by atoms with van der Waals surface area (Å²) in [5, 5.41) is 1.12. The molecular formula is C24H25NO2. The Balaban J connectivity index is 1.25. The first kappa shape index (κ1) is 16.6. The molecule has 0 bridgehead atoms. The van der Waals surface area contributed by atoms with Gasteiger partial charge in [-0.15, -0.1) is 0 Å². The molecule has 3 aromatic rings. The predicted octanol–water partition coefficient (Wildman–Crippen LogP) is 5.32. The molecule has 3 nitrogen and oxygen atoms in total. The summed E-state index contributed by atoms with van der Waals surface area (Å²) in [6.07, 6.45) is 7.07. The number of Topliss-reactive ketones (excluding diaryl/α,β-unsaturated/α-hetero) is 1. The Morgan fingerprint density at radius 3 is 2.63 bits per heavy atom. The van der Waals surface area contributed by atoms with E-state index in [9.17, 15) is 4.79 Å². The van der Waals surface area contributed by atoms with Gasteiger partial charge in [-0.05, 0) is 67.9 Å². The zero-order chi connectivity index (χ0) is 18.4. The summed E-state index contributed by atoms with van der Waals surface area (Å²) in [5.41, 5.74) is 4.90. The van der Waals surface area contributed by atoms with Crippen LogP contribution in [0.25, 0.3) is 10.9 Å². The van der Waals surface area contributed by atoms with E-state index in [1.807, 2.05) is 12.3 Å². The van der Waals surface area contributed by atoms with E-state index in [0.29, 0.717) is 24.0 Å². The highest BCUT2D eigenvalue weighted by atomic mass is 16.5. The first-order valence-electron chi connectivity index (χ1n) is 10.0. The molecule has 1 aromatic heterocycles. The summed E-state index contributed by atoms with van der Waals surface area (Å²) in [5.74, 6) is 2.21. The highest BCUT2D eigenvalue weighted by Crippen LogP contribution is 2.40. The van der Waals surface area contributed by atoms with Crippen LogP contribution in [0.4, 0.5) is 0 Å². The van der Waals surface area contributed by atoms with Crippen LogP contribution in [0.1, 0.15) is 48.3 Å². The van der Waals surface area contributed by atoms with Crippen LogP contribution < -0.4 is 4.74 Å². The number of ether oxygens (including phenoxy) is 1. The third kappa shape index (κ3) is 3.39. The summed E-state index contributed by atoms with van der Waals surface area (Å²) in [7, 11) is 0. The van der Waals surface area contributed by atoms with Gasteiger partial charge >= 0.3 is 0 Å².